The van der Waals surface area contributed by atoms with Gasteiger partial charge in [-0.1, -0.05) is 18.2 Å². The van der Waals surface area contributed by atoms with Gasteiger partial charge in [0.15, 0.2) is 0 Å². The number of benzene rings is 2. The molecule has 0 atom stereocenters. The van der Waals surface area contributed by atoms with Crippen molar-refractivity contribution in [1.29, 1.82) is 0 Å². The van der Waals surface area contributed by atoms with Crippen molar-refractivity contribution in [2.75, 3.05) is 24.4 Å². The first-order valence-corrected chi connectivity index (χ1v) is 8.67. The molecule has 2 amide bonds. The average molecular weight is 365 g/mol. The lowest BCUT2D eigenvalue weighted by Gasteiger charge is -2.12. The fraction of sp³-hybridized carbons (Fsp3) is 0.238. The van der Waals surface area contributed by atoms with Crippen LogP contribution in [-0.2, 0) is 16.6 Å². The highest BCUT2D eigenvalue weighted by molar-refractivity contribution is 6.08. The van der Waals surface area contributed by atoms with Crippen molar-refractivity contribution in [3.05, 3.63) is 59.3 Å². The quantitative estimate of drug-likeness (QED) is 0.725. The normalized spacial score (nSPS) is 10.8. The number of fused-ring (bicyclic) bond motifs is 1. The second kappa shape index (κ2) is 7.63. The Bertz CT molecular complexity index is 982. The lowest BCUT2D eigenvalue weighted by Crippen LogP contribution is -2.18. The molecule has 0 spiro atoms. The van der Waals surface area contributed by atoms with Crippen molar-refractivity contribution in [3.8, 4) is 0 Å². The van der Waals surface area contributed by atoms with Crippen LogP contribution in [0.15, 0.2) is 42.5 Å². The minimum atomic E-state index is -0.219. The first-order valence-electron chi connectivity index (χ1n) is 8.67. The highest BCUT2D eigenvalue weighted by Gasteiger charge is 2.18. The van der Waals surface area contributed by atoms with Crippen LogP contribution in [0.4, 0.5) is 11.4 Å². The SMILES string of the molecule is COCC(=O)Nc1ccc(NC(=O)c2c(C)c3ccccc3n2C)cc1C. The zero-order valence-electron chi connectivity index (χ0n) is 15.9. The number of nitrogens with one attached hydrogen (secondary N) is 2. The van der Waals surface area contributed by atoms with Crippen LogP contribution in [-0.4, -0.2) is 30.1 Å². The molecule has 0 fully saturated rings. The Hall–Kier alpha value is -3.12. The van der Waals surface area contributed by atoms with E-state index in [9.17, 15) is 9.59 Å². The van der Waals surface area contributed by atoms with Gasteiger partial charge in [0.1, 0.15) is 12.3 Å². The number of hydrogen-bond acceptors (Lipinski definition) is 3. The van der Waals surface area contributed by atoms with E-state index in [1.807, 2.05) is 55.8 Å². The predicted molar refractivity (Wildman–Crippen MR) is 107 cm³/mol. The molecule has 0 aliphatic rings. The van der Waals surface area contributed by atoms with E-state index in [0.717, 1.165) is 22.0 Å². The van der Waals surface area contributed by atoms with Gasteiger partial charge in [-0.15, -0.1) is 0 Å². The molecule has 1 aromatic heterocycles. The monoisotopic (exact) mass is 365 g/mol. The van der Waals surface area contributed by atoms with Gasteiger partial charge in [-0.3, -0.25) is 9.59 Å². The third-order valence-corrected chi connectivity index (χ3v) is 4.61. The third kappa shape index (κ3) is 3.71. The molecule has 0 aliphatic heterocycles. The van der Waals surface area contributed by atoms with Crippen LogP contribution in [0.1, 0.15) is 21.6 Å². The molecule has 0 saturated heterocycles. The van der Waals surface area contributed by atoms with Crippen LogP contribution >= 0.6 is 0 Å². The number of amides is 2. The summed E-state index contributed by atoms with van der Waals surface area (Å²) in [6.07, 6.45) is 0. The molecular formula is C21H23N3O3. The highest BCUT2D eigenvalue weighted by Crippen LogP contribution is 2.26. The van der Waals surface area contributed by atoms with E-state index in [4.69, 9.17) is 4.74 Å². The summed E-state index contributed by atoms with van der Waals surface area (Å²) in [5.74, 6) is -0.384. The second-order valence-electron chi connectivity index (χ2n) is 6.51. The Morgan fingerprint density at radius 2 is 1.81 bits per heavy atom. The number of hydrogen-bond donors (Lipinski definition) is 2. The van der Waals surface area contributed by atoms with Gasteiger partial charge in [0.2, 0.25) is 5.91 Å². The molecule has 6 heteroatoms. The largest absolute Gasteiger partial charge is 0.375 e. The molecule has 0 bridgehead atoms. The smallest absolute Gasteiger partial charge is 0.272 e. The molecule has 3 rings (SSSR count). The van der Waals surface area contributed by atoms with Gasteiger partial charge in [-0.05, 0) is 49.2 Å². The number of carbonyl (C=O) groups is 2. The molecule has 2 aromatic carbocycles. The van der Waals surface area contributed by atoms with Crippen molar-refractivity contribution in [1.82, 2.24) is 4.57 Å². The van der Waals surface area contributed by atoms with Gasteiger partial charge in [-0.25, -0.2) is 0 Å². The standard InChI is InChI=1S/C21H23N3O3/c1-13-11-15(9-10-17(13)23-19(25)12-27-4)22-21(26)20-14(2)16-7-5-6-8-18(16)24(20)3/h5-11H,12H2,1-4H3,(H,22,26)(H,23,25). The summed E-state index contributed by atoms with van der Waals surface area (Å²) in [7, 11) is 3.37. The predicted octanol–water partition coefficient (Wildman–Crippen LogP) is 3.63. The summed E-state index contributed by atoms with van der Waals surface area (Å²) in [5.41, 5.74) is 4.82. The minimum Gasteiger partial charge on any atom is -0.375 e. The van der Waals surface area contributed by atoms with Crippen molar-refractivity contribution < 1.29 is 14.3 Å². The number of carbonyl (C=O) groups excluding carboxylic acids is 2. The Balaban J connectivity index is 1.83. The molecule has 1 heterocycles. The first-order chi connectivity index (χ1) is 12.9. The number of ether oxygens (including phenoxy) is 1. The third-order valence-electron chi connectivity index (χ3n) is 4.61. The van der Waals surface area contributed by atoms with Gasteiger partial charge in [0, 0.05) is 36.4 Å². The van der Waals surface area contributed by atoms with Crippen LogP contribution in [0.2, 0.25) is 0 Å². The van der Waals surface area contributed by atoms with E-state index in [1.54, 1.807) is 12.1 Å². The molecule has 0 saturated carbocycles. The van der Waals surface area contributed by atoms with E-state index in [-0.39, 0.29) is 18.4 Å². The molecular weight excluding hydrogens is 342 g/mol. The Labute approximate surface area is 158 Å². The molecule has 0 unspecified atom stereocenters. The molecule has 2 N–H and O–H groups in total. The fourth-order valence-corrected chi connectivity index (χ4v) is 3.29. The van der Waals surface area contributed by atoms with Crippen LogP contribution in [0, 0.1) is 13.8 Å². The first kappa shape index (κ1) is 18.7. The van der Waals surface area contributed by atoms with Gasteiger partial charge in [0.05, 0.1) is 0 Å². The number of rotatable bonds is 5. The van der Waals surface area contributed by atoms with Gasteiger partial charge in [-0.2, -0.15) is 0 Å². The maximum absolute atomic E-state index is 12.9. The molecule has 3 aromatic rings. The van der Waals surface area contributed by atoms with Gasteiger partial charge in [0.25, 0.3) is 5.91 Å². The second-order valence-corrected chi connectivity index (χ2v) is 6.51. The van der Waals surface area contributed by atoms with Gasteiger partial charge >= 0.3 is 0 Å². The number of anilines is 2. The van der Waals surface area contributed by atoms with Gasteiger partial charge < -0.3 is 19.9 Å². The van der Waals surface area contributed by atoms with Crippen LogP contribution in [0.3, 0.4) is 0 Å². The van der Waals surface area contributed by atoms with E-state index in [0.29, 0.717) is 17.1 Å². The van der Waals surface area contributed by atoms with Crippen molar-refractivity contribution in [3.63, 3.8) is 0 Å². The molecule has 6 nitrogen and oxygen atoms in total. The van der Waals surface area contributed by atoms with Crippen LogP contribution in [0.25, 0.3) is 10.9 Å². The van der Waals surface area contributed by atoms with Crippen LogP contribution in [0.5, 0.6) is 0 Å². The summed E-state index contributed by atoms with van der Waals surface area (Å²) >= 11 is 0. The lowest BCUT2D eigenvalue weighted by atomic mass is 10.1. The summed E-state index contributed by atoms with van der Waals surface area (Å²) in [6.45, 7) is 3.83. The zero-order chi connectivity index (χ0) is 19.6. The van der Waals surface area contributed by atoms with E-state index in [2.05, 4.69) is 10.6 Å². The van der Waals surface area contributed by atoms with Crippen LogP contribution < -0.4 is 10.6 Å². The zero-order valence-corrected chi connectivity index (χ0v) is 15.9. The maximum atomic E-state index is 12.9. The van der Waals surface area contributed by atoms with Crippen molar-refractivity contribution in [2.24, 2.45) is 7.05 Å². The van der Waals surface area contributed by atoms with E-state index < -0.39 is 0 Å². The van der Waals surface area contributed by atoms with Crippen molar-refractivity contribution in [2.45, 2.75) is 13.8 Å². The summed E-state index contributed by atoms with van der Waals surface area (Å²) in [4.78, 5) is 24.5. The Kier molecular flexibility index (Phi) is 5.28. The minimum absolute atomic E-state index is 0.00173. The lowest BCUT2D eigenvalue weighted by molar-refractivity contribution is -0.119. The topological polar surface area (TPSA) is 72.4 Å². The summed E-state index contributed by atoms with van der Waals surface area (Å²) < 4.78 is 6.73. The fourth-order valence-electron chi connectivity index (χ4n) is 3.29. The average Bonchev–Trinajstić information content (AvgIpc) is 2.89. The number of methoxy groups -OCH3 is 1. The Morgan fingerprint density at radius 1 is 1.07 bits per heavy atom. The summed E-state index contributed by atoms with van der Waals surface area (Å²) in [6, 6.07) is 13.3. The van der Waals surface area contributed by atoms with E-state index >= 15 is 0 Å². The number of para-hydroxylation sites is 1. The van der Waals surface area contributed by atoms with E-state index in [1.165, 1.54) is 7.11 Å². The highest BCUT2D eigenvalue weighted by atomic mass is 16.5. The Morgan fingerprint density at radius 3 is 2.48 bits per heavy atom. The molecule has 0 aliphatic carbocycles. The number of aromatic nitrogens is 1. The number of nitrogens with zero attached hydrogens (tertiary/aromatic N) is 1. The number of aryl methyl sites for hydroxylation is 3. The molecule has 140 valence electrons. The molecule has 27 heavy (non-hydrogen) atoms. The molecule has 0 radical (unpaired) electrons. The maximum Gasteiger partial charge on any atom is 0.272 e. The summed E-state index contributed by atoms with van der Waals surface area (Å²) in [5, 5.41) is 6.80. The van der Waals surface area contributed by atoms with Crippen molar-refractivity contribution >= 4 is 34.1 Å².